The average molecular weight is 333 g/mol. The number of aryl methyl sites for hydroxylation is 1. The standard InChI is InChI=1S/C11H21N5.3ClH/c1-14-9-11(8-13-14)10-16-6-4-15(3-2-12)5-7-16;;;/h8-9H,2-7,10,12H2,1H3;3*1H. The number of aromatic nitrogens is 2. The summed E-state index contributed by atoms with van der Waals surface area (Å²) in [5.41, 5.74) is 6.85. The first-order chi connectivity index (χ1) is 7.78. The van der Waals surface area contributed by atoms with Gasteiger partial charge in [-0.1, -0.05) is 0 Å². The van der Waals surface area contributed by atoms with Crippen molar-refractivity contribution in [2.24, 2.45) is 12.8 Å². The van der Waals surface area contributed by atoms with Crippen LogP contribution >= 0.6 is 37.2 Å². The summed E-state index contributed by atoms with van der Waals surface area (Å²) >= 11 is 0. The summed E-state index contributed by atoms with van der Waals surface area (Å²) in [7, 11) is 1.96. The molecule has 1 aliphatic heterocycles. The number of nitrogens with two attached hydrogens (primary N) is 1. The smallest absolute Gasteiger partial charge is 0.0534 e. The maximum atomic E-state index is 5.55. The minimum Gasteiger partial charge on any atom is -0.329 e. The second kappa shape index (κ2) is 10.7. The molecular weight excluding hydrogens is 309 g/mol. The minimum absolute atomic E-state index is 0. The summed E-state index contributed by atoms with van der Waals surface area (Å²) in [4.78, 5) is 4.91. The van der Waals surface area contributed by atoms with Gasteiger partial charge in [-0.2, -0.15) is 5.10 Å². The molecule has 0 spiro atoms. The fourth-order valence-corrected chi connectivity index (χ4v) is 2.17. The van der Waals surface area contributed by atoms with E-state index in [0.717, 1.165) is 45.8 Å². The lowest BCUT2D eigenvalue weighted by atomic mass is 10.2. The van der Waals surface area contributed by atoms with Gasteiger partial charge in [0.2, 0.25) is 0 Å². The first-order valence-corrected chi connectivity index (χ1v) is 5.90. The molecule has 2 heterocycles. The highest BCUT2D eigenvalue weighted by molar-refractivity contribution is 5.86. The van der Waals surface area contributed by atoms with Crippen LogP contribution in [0.2, 0.25) is 0 Å². The number of hydrogen-bond acceptors (Lipinski definition) is 4. The van der Waals surface area contributed by atoms with E-state index in [1.807, 2.05) is 17.9 Å². The van der Waals surface area contributed by atoms with Crippen molar-refractivity contribution in [2.75, 3.05) is 39.3 Å². The molecule has 1 aromatic heterocycles. The van der Waals surface area contributed by atoms with Gasteiger partial charge in [-0.3, -0.25) is 14.5 Å². The van der Waals surface area contributed by atoms with Gasteiger partial charge in [0.15, 0.2) is 0 Å². The monoisotopic (exact) mass is 331 g/mol. The van der Waals surface area contributed by atoms with Crippen LogP contribution in [0.15, 0.2) is 12.4 Å². The molecule has 1 aromatic rings. The Morgan fingerprint density at radius 2 is 1.68 bits per heavy atom. The zero-order valence-corrected chi connectivity index (χ0v) is 13.6. The Bertz CT molecular complexity index is 326. The average Bonchev–Trinajstić information content (AvgIpc) is 2.67. The molecule has 2 N–H and O–H groups in total. The van der Waals surface area contributed by atoms with E-state index < -0.39 is 0 Å². The molecular formula is C11H24Cl3N5. The van der Waals surface area contributed by atoms with E-state index >= 15 is 0 Å². The quantitative estimate of drug-likeness (QED) is 0.884. The van der Waals surface area contributed by atoms with Gasteiger partial charge in [0, 0.05) is 64.6 Å². The molecule has 0 aromatic carbocycles. The summed E-state index contributed by atoms with van der Waals surface area (Å²) in [6.07, 6.45) is 4.04. The molecule has 2 rings (SSSR count). The Labute approximate surface area is 133 Å². The van der Waals surface area contributed by atoms with E-state index in [1.54, 1.807) is 0 Å². The zero-order chi connectivity index (χ0) is 11.4. The SMILES string of the molecule is Cl.Cl.Cl.Cn1cc(CN2CCN(CCN)CC2)cn1. The molecule has 0 aliphatic carbocycles. The van der Waals surface area contributed by atoms with E-state index in [2.05, 4.69) is 21.1 Å². The zero-order valence-electron chi connectivity index (χ0n) is 11.2. The maximum Gasteiger partial charge on any atom is 0.0534 e. The predicted molar refractivity (Wildman–Crippen MR) is 85.7 cm³/mol. The van der Waals surface area contributed by atoms with Gasteiger partial charge in [-0.05, 0) is 0 Å². The molecule has 1 saturated heterocycles. The van der Waals surface area contributed by atoms with Crippen molar-refractivity contribution in [3.8, 4) is 0 Å². The van der Waals surface area contributed by atoms with E-state index in [-0.39, 0.29) is 37.2 Å². The molecule has 0 radical (unpaired) electrons. The number of halogens is 3. The molecule has 0 saturated carbocycles. The van der Waals surface area contributed by atoms with Crippen molar-refractivity contribution in [3.63, 3.8) is 0 Å². The van der Waals surface area contributed by atoms with Crippen molar-refractivity contribution in [1.82, 2.24) is 19.6 Å². The highest BCUT2D eigenvalue weighted by Crippen LogP contribution is 2.07. The van der Waals surface area contributed by atoms with Gasteiger partial charge in [-0.15, -0.1) is 37.2 Å². The van der Waals surface area contributed by atoms with Crippen LogP contribution in [0.5, 0.6) is 0 Å². The molecule has 1 aliphatic rings. The van der Waals surface area contributed by atoms with Crippen molar-refractivity contribution < 1.29 is 0 Å². The van der Waals surface area contributed by atoms with Gasteiger partial charge in [0.25, 0.3) is 0 Å². The van der Waals surface area contributed by atoms with E-state index in [1.165, 1.54) is 5.56 Å². The third-order valence-electron chi connectivity index (χ3n) is 3.07. The lowest BCUT2D eigenvalue weighted by Gasteiger charge is -2.34. The molecule has 5 nitrogen and oxygen atoms in total. The molecule has 0 unspecified atom stereocenters. The van der Waals surface area contributed by atoms with Gasteiger partial charge >= 0.3 is 0 Å². The molecule has 1 fully saturated rings. The fraction of sp³-hybridized carbons (Fsp3) is 0.727. The topological polar surface area (TPSA) is 50.3 Å². The normalized spacial score (nSPS) is 16.1. The largest absolute Gasteiger partial charge is 0.329 e. The lowest BCUT2D eigenvalue weighted by Crippen LogP contribution is -2.47. The summed E-state index contributed by atoms with van der Waals surface area (Å²) in [6.45, 7) is 7.35. The third kappa shape index (κ3) is 6.79. The molecule has 8 heteroatoms. The highest BCUT2D eigenvalue weighted by atomic mass is 35.5. The van der Waals surface area contributed by atoms with E-state index in [4.69, 9.17) is 5.73 Å². The summed E-state index contributed by atoms with van der Waals surface area (Å²) in [5.74, 6) is 0. The van der Waals surface area contributed by atoms with Crippen LogP contribution in [0.1, 0.15) is 5.56 Å². The number of piperazine rings is 1. The number of rotatable bonds is 4. The Morgan fingerprint density at radius 1 is 1.11 bits per heavy atom. The Balaban J connectivity index is 0. The van der Waals surface area contributed by atoms with Crippen molar-refractivity contribution in [3.05, 3.63) is 18.0 Å². The van der Waals surface area contributed by atoms with Crippen LogP contribution in [-0.2, 0) is 13.6 Å². The summed E-state index contributed by atoms with van der Waals surface area (Å²) in [6, 6.07) is 0. The van der Waals surface area contributed by atoms with Crippen LogP contribution in [0.25, 0.3) is 0 Å². The molecule has 19 heavy (non-hydrogen) atoms. The first kappa shape index (κ1) is 21.3. The summed E-state index contributed by atoms with van der Waals surface area (Å²) in [5, 5.41) is 4.19. The van der Waals surface area contributed by atoms with Crippen molar-refractivity contribution in [2.45, 2.75) is 6.54 Å². The maximum absolute atomic E-state index is 5.55. The van der Waals surface area contributed by atoms with Crippen LogP contribution < -0.4 is 5.73 Å². The van der Waals surface area contributed by atoms with E-state index in [0.29, 0.717) is 0 Å². The van der Waals surface area contributed by atoms with Crippen LogP contribution in [0.3, 0.4) is 0 Å². The van der Waals surface area contributed by atoms with Gasteiger partial charge < -0.3 is 5.73 Å². The van der Waals surface area contributed by atoms with Gasteiger partial charge in [0.1, 0.15) is 0 Å². The lowest BCUT2D eigenvalue weighted by molar-refractivity contribution is 0.130. The second-order valence-corrected chi connectivity index (χ2v) is 4.43. The van der Waals surface area contributed by atoms with Crippen LogP contribution in [0.4, 0.5) is 0 Å². The predicted octanol–water partition coefficient (Wildman–Crippen LogP) is 0.762. The molecule has 0 amide bonds. The first-order valence-electron chi connectivity index (χ1n) is 5.90. The van der Waals surface area contributed by atoms with Gasteiger partial charge in [0.05, 0.1) is 6.20 Å². The molecule has 114 valence electrons. The van der Waals surface area contributed by atoms with Crippen molar-refractivity contribution in [1.29, 1.82) is 0 Å². The number of nitrogens with zero attached hydrogens (tertiary/aromatic N) is 4. The summed E-state index contributed by atoms with van der Waals surface area (Å²) < 4.78 is 1.86. The minimum atomic E-state index is 0. The Morgan fingerprint density at radius 3 is 2.16 bits per heavy atom. The third-order valence-corrected chi connectivity index (χ3v) is 3.07. The van der Waals surface area contributed by atoms with Crippen LogP contribution in [0, 0.1) is 0 Å². The van der Waals surface area contributed by atoms with Crippen LogP contribution in [-0.4, -0.2) is 58.8 Å². The van der Waals surface area contributed by atoms with E-state index in [9.17, 15) is 0 Å². The van der Waals surface area contributed by atoms with Crippen molar-refractivity contribution >= 4 is 37.2 Å². The molecule has 0 bridgehead atoms. The Kier molecular flexibility index (Phi) is 12.0. The van der Waals surface area contributed by atoms with Gasteiger partial charge in [-0.25, -0.2) is 0 Å². The second-order valence-electron chi connectivity index (χ2n) is 4.43. The number of hydrogen-bond donors (Lipinski definition) is 1. The fourth-order valence-electron chi connectivity index (χ4n) is 2.17. The molecule has 0 atom stereocenters. The Hall–Kier alpha value is -0.0400. The highest BCUT2D eigenvalue weighted by Gasteiger charge is 2.16.